The number of ether oxygens (including phenoxy) is 3. The third-order valence-electron chi connectivity index (χ3n) is 8.38. The molecule has 0 radical (unpaired) electrons. The van der Waals surface area contributed by atoms with Gasteiger partial charge in [-0.25, -0.2) is 10.3 Å². The van der Waals surface area contributed by atoms with Crippen LogP contribution in [0.4, 0.5) is 13.2 Å². The molecule has 0 unspecified atom stereocenters. The van der Waals surface area contributed by atoms with E-state index in [1.807, 2.05) is 13.8 Å². The zero-order valence-corrected chi connectivity index (χ0v) is 25.4. The molecule has 244 valence electrons. The number of esters is 2. The second-order valence-electron chi connectivity index (χ2n) is 11.9. The number of hydrogen-bond acceptors (Lipinski definition) is 8. The van der Waals surface area contributed by atoms with Gasteiger partial charge in [-0.1, -0.05) is 45.9 Å². The quantitative estimate of drug-likeness (QED) is 0.140. The summed E-state index contributed by atoms with van der Waals surface area (Å²) in [5.74, 6) is -2.31. The molecule has 1 aromatic carbocycles. The molecule has 9 nitrogen and oxygen atoms in total. The molecule has 44 heavy (non-hydrogen) atoms. The van der Waals surface area contributed by atoms with Crippen molar-refractivity contribution in [1.82, 2.24) is 5.48 Å². The standard InChI is InChI=1S/C32H42F3NO8/c1-5-19(3)30(39)43-27-15-18(2)14-22-7-6-20(4)26(29(22)27)13-10-23(37)16-25(17-28(38)36-41)42-31(40)21-8-11-24(12-9-21)44-32(33,34)35/h6-9,11-12,14,18-20,23,25-27,29,37,41H,5,10,13,15-17H2,1-4H3,(H,36,38)/t18-,19-,20-,23+,25-,26-,27-,29-/m0/s1. The third kappa shape index (κ3) is 10.1. The number of hydrogen-bond donors (Lipinski definition) is 3. The molecular weight excluding hydrogens is 583 g/mol. The van der Waals surface area contributed by atoms with Crippen LogP contribution in [0.1, 0.15) is 76.6 Å². The van der Waals surface area contributed by atoms with Gasteiger partial charge in [0.25, 0.3) is 0 Å². The Kier molecular flexibility index (Phi) is 12.4. The number of allylic oxidation sites excluding steroid dienone is 3. The molecule has 0 bridgehead atoms. The molecular formula is C32H42F3NO8. The van der Waals surface area contributed by atoms with Crippen molar-refractivity contribution in [3.63, 3.8) is 0 Å². The van der Waals surface area contributed by atoms with Crippen LogP contribution in [0, 0.1) is 29.6 Å². The first-order valence-corrected chi connectivity index (χ1v) is 15.0. The van der Waals surface area contributed by atoms with E-state index in [2.05, 4.69) is 36.8 Å². The summed E-state index contributed by atoms with van der Waals surface area (Å²) in [6.45, 7) is 7.96. The third-order valence-corrected chi connectivity index (χ3v) is 8.38. The highest BCUT2D eigenvalue weighted by atomic mass is 19.4. The molecule has 2 aliphatic carbocycles. The molecule has 0 fully saturated rings. The Balaban J connectivity index is 1.67. The lowest BCUT2D eigenvalue weighted by Crippen LogP contribution is -2.41. The van der Waals surface area contributed by atoms with E-state index < -0.39 is 42.6 Å². The summed E-state index contributed by atoms with van der Waals surface area (Å²) in [7, 11) is 0. The van der Waals surface area contributed by atoms with E-state index in [0.29, 0.717) is 25.7 Å². The Hall–Kier alpha value is -3.38. The predicted octanol–water partition coefficient (Wildman–Crippen LogP) is 5.90. The number of amides is 1. The highest BCUT2D eigenvalue weighted by Gasteiger charge is 2.42. The molecule has 8 atom stereocenters. The maximum absolute atomic E-state index is 12.7. The Morgan fingerprint density at radius 2 is 1.82 bits per heavy atom. The first-order chi connectivity index (χ1) is 20.7. The van der Waals surface area contributed by atoms with Crippen LogP contribution in [0.15, 0.2) is 48.1 Å². The second-order valence-corrected chi connectivity index (χ2v) is 11.9. The van der Waals surface area contributed by atoms with E-state index in [0.717, 1.165) is 29.8 Å². The average Bonchev–Trinajstić information content (AvgIpc) is 2.95. The van der Waals surface area contributed by atoms with E-state index in [-0.39, 0.29) is 53.6 Å². The smallest absolute Gasteiger partial charge is 0.461 e. The minimum atomic E-state index is -4.89. The summed E-state index contributed by atoms with van der Waals surface area (Å²) in [4.78, 5) is 37.4. The van der Waals surface area contributed by atoms with Crippen molar-refractivity contribution in [3.8, 4) is 5.75 Å². The van der Waals surface area contributed by atoms with Crippen molar-refractivity contribution in [1.29, 1.82) is 0 Å². The SMILES string of the molecule is CC[C@H](C)C(=O)O[C@H]1C[C@@H](C)C=C2C=C[C@H](C)[C@H](CC[C@@H](O)C[C@@H](CC(=O)NO)OC(=O)c3ccc(OC(F)(F)F)cc3)[C@H]21. The fraction of sp³-hybridized carbons (Fsp3) is 0.594. The number of aliphatic hydroxyl groups excluding tert-OH is 1. The highest BCUT2D eigenvalue weighted by Crippen LogP contribution is 2.45. The molecule has 0 saturated carbocycles. The topological polar surface area (TPSA) is 131 Å². The summed E-state index contributed by atoms with van der Waals surface area (Å²) in [6.07, 6.45) is 0.779. The van der Waals surface area contributed by atoms with Gasteiger partial charge in [-0.05, 0) is 73.3 Å². The van der Waals surface area contributed by atoms with Crippen molar-refractivity contribution < 1.29 is 52.1 Å². The molecule has 0 heterocycles. The van der Waals surface area contributed by atoms with Crippen LogP contribution in [0.25, 0.3) is 0 Å². The molecule has 12 heteroatoms. The lowest BCUT2D eigenvalue weighted by Gasteiger charge is -2.43. The first-order valence-electron chi connectivity index (χ1n) is 15.0. The van der Waals surface area contributed by atoms with Crippen LogP contribution >= 0.6 is 0 Å². The van der Waals surface area contributed by atoms with E-state index in [9.17, 15) is 32.7 Å². The summed E-state index contributed by atoms with van der Waals surface area (Å²) in [5.41, 5.74) is 2.50. The zero-order chi connectivity index (χ0) is 32.6. The van der Waals surface area contributed by atoms with Crippen molar-refractivity contribution in [3.05, 3.63) is 53.6 Å². The minimum absolute atomic E-state index is 0.0375. The van der Waals surface area contributed by atoms with E-state index in [1.54, 1.807) is 0 Å². The van der Waals surface area contributed by atoms with Crippen molar-refractivity contribution in [2.24, 2.45) is 29.6 Å². The minimum Gasteiger partial charge on any atom is -0.461 e. The maximum atomic E-state index is 12.7. The number of carbonyl (C=O) groups is 3. The zero-order valence-electron chi connectivity index (χ0n) is 25.4. The molecule has 3 rings (SSSR count). The molecule has 0 spiro atoms. The number of carbonyl (C=O) groups excluding carboxylic acids is 3. The van der Waals surface area contributed by atoms with Crippen molar-refractivity contribution >= 4 is 17.8 Å². The average molecular weight is 626 g/mol. The molecule has 0 aromatic heterocycles. The van der Waals surface area contributed by atoms with Crippen molar-refractivity contribution in [2.75, 3.05) is 0 Å². The van der Waals surface area contributed by atoms with Gasteiger partial charge < -0.3 is 19.3 Å². The predicted molar refractivity (Wildman–Crippen MR) is 153 cm³/mol. The Morgan fingerprint density at radius 3 is 2.43 bits per heavy atom. The number of rotatable bonds is 13. The normalized spacial score (nSPS) is 25.1. The lowest BCUT2D eigenvalue weighted by atomic mass is 9.65. The monoisotopic (exact) mass is 625 g/mol. The van der Waals surface area contributed by atoms with Gasteiger partial charge in [0.15, 0.2) is 0 Å². The van der Waals surface area contributed by atoms with Crippen LogP contribution in [0.5, 0.6) is 5.75 Å². The summed E-state index contributed by atoms with van der Waals surface area (Å²) in [6, 6.07) is 4.08. The number of fused-ring (bicyclic) bond motifs is 1. The molecule has 0 saturated heterocycles. The van der Waals surface area contributed by atoms with Crippen LogP contribution in [0.3, 0.4) is 0 Å². The fourth-order valence-corrected chi connectivity index (χ4v) is 5.90. The van der Waals surface area contributed by atoms with Gasteiger partial charge >= 0.3 is 18.3 Å². The van der Waals surface area contributed by atoms with E-state index in [1.165, 1.54) is 5.48 Å². The molecule has 2 aliphatic rings. The summed E-state index contributed by atoms with van der Waals surface area (Å²) in [5, 5.41) is 20.0. The first kappa shape index (κ1) is 35.1. The Morgan fingerprint density at radius 1 is 1.14 bits per heavy atom. The molecule has 3 N–H and O–H groups in total. The van der Waals surface area contributed by atoms with Gasteiger partial charge in [0.1, 0.15) is 18.0 Å². The van der Waals surface area contributed by atoms with Gasteiger partial charge in [-0.15, -0.1) is 13.2 Å². The molecule has 1 aromatic rings. The number of hydroxylamine groups is 1. The van der Waals surface area contributed by atoms with Gasteiger partial charge in [-0.3, -0.25) is 14.8 Å². The lowest BCUT2D eigenvalue weighted by molar-refractivity contribution is -0.274. The molecule has 1 amide bonds. The number of halogens is 3. The van der Waals surface area contributed by atoms with Crippen molar-refractivity contribution in [2.45, 2.75) is 90.9 Å². The highest BCUT2D eigenvalue weighted by molar-refractivity contribution is 5.90. The maximum Gasteiger partial charge on any atom is 0.573 e. The number of nitrogens with one attached hydrogen (secondary N) is 1. The number of benzene rings is 1. The number of alkyl halides is 3. The van der Waals surface area contributed by atoms with Gasteiger partial charge in [0, 0.05) is 12.3 Å². The van der Waals surface area contributed by atoms with Crippen LogP contribution < -0.4 is 10.2 Å². The van der Waals surface area contributed by atoms with E-state index >= 15 is 0 Å². The van der Waals surface area contributed by atoms with Crippen LogP contribution in [-0.2, 0) is 19.1 Å². The Bertz CT molecular complexity index is 1200. The van der Waals surface area contributed by atoms with E-state index in [4.69, 9.17) is 14.7 Å². The number of aliphatic hydroxyl groups is 1. The largest absolute Gasteiger partial charge is 0.573 e. The molecule has 0 aliphatic heterocycles. The summed E-state index contributed by atoms with van der Waals surface area (Å²) >= 11 is 0. The second kappa shape index (κ2) is 15.6. The van der Waals surface area contributed by atoms with Gasteiger partial charge in [0.2, 0.25) is 5.91 Å². The van der Waals surface area contributed by atoms with Crippen LogP contribution in [0.2, 0.25) is 0 Å². The van der Waals surface area contributed by atoms with Gasteiger partial charge in [0.05, 0.1) is 24.0 Å². The van der Waals surface area contributed by atoms with Gasteiger partial charge in [-0.2, -0.15) is 0 Å². The summed E-state index contributed by atoms with van der Waals surface area (Å²) < 4.78 is 52.6. The van der Waals surface area contributed by atoms with Crippen LogP contribution in [-0.4, -0.2) is 52.8 Å². The fourth-order valence-electron chi connectivity index (χ4n) is 5.90. The Labute approximate surface area is 255 Å².